The lowest BCUT2D eigenvalue weighted by atomic mass is 9.87. The van der Waals surface area contributed by atoms with Gasteiger partial charge in [0.05, 0.1) is 10.7 Å². The lowest BCUT2D eigenvalue weighted by Crippen LogP contribution is -2.30. The highest BCUT2D eigenvalue weighted by atomic mass is 35.5. The summed E-state index contributed by atoms with van der Waals surface area (Å²) >= 11 is 6.04. The van der Waals surface area contributed by atoms with Gasteiger partial charge in [0.25, 0.3) is 5.91 Å². The molecule has 2 rings (SSSR count). The van der Waals surface area contributed by atoms with Crippen molar-refractivity contribution in [1.82, 2.24) is 0 Å². The average Bonchev–Trinajstić information content (AvgIpc) is 2.49. The van der Waals surface area contributed by atoms with Gasteiger partial charge in [-0.1, -0.05) is 56.6 Å². The quantitative estimate of drug-likeness (QED) is 0.852. The van der Waals surface area contributed by atoms with E-state index in [1.54, 1.807) is 19.1 Å². The van der Waals surface area contributed by atoms with Crippen molar-refractivity contribution in [2.24, 2.45) is 0 Å². The van der Waals surface area contributed by atoms with Crippen molar-refractivity contribution in [2.75, 3.05) is 5.32 Å². The zero-order chi connectivity index (χ0) is 17.0. The van der Waals surface area contributed by atoms with Crippen LogP contribution in [0.25, 0.3) is 0 Å². The third-order valence-electron chi connectivity index (χ3n) is 3.53. The first-order chi connectivity index (χ1) is 10.8. The molecule has 0 fully saturated rings. The summed E-state index contributed by atoms with van der Waals surface area (Å²) in [5.74, 6) is 0.429. The molecule has 0 spiro atoms. The number of para-hydroxylation sites is 1. The standard InChI is InChI=1S/C19H22ClNO2/c1-13(18(22)21-17-8-6-5-7-16(17)20)23-15-11-9-14(10-12-15)19(2,3)4/h5-13H,1-4H3,(H,21,22)/t13-/m1/s1. The molecule has 2 aromatic rings. The Kier molecular flexibility index (Phi) is 5.32. The van der Waals surface area contributed by atoms with Gasteiger partial charge in [-0.15, -0.1) is 0 Å². The Bertz CT molecular complexity index is 675. The van der Waals surface area contributed by atoms with E-state index in [1.807, 2.05) is 36.4 Å². The van der Waals surface area contributed by atoms with Gasteiger partial charge in [0, 0.05) is 0 Å². The number of carbonyl (C=O) groups excluding carboxylic acids is 1. The van der Waals surface area contributed by atoms with Crippen molar-refractivity contribution in [1.29, 1.82) is 0 Å². The second-order valence-corrected chi connectivity index (χ2v) is 6.91. The molecule has 0 bridgehead atoms. The lowest BCUT2D eigenvalue weighted by molar-refractivity contribution is -0.122. The summed E-state index contributed by atoms with van der Waals surface area (Å²) in [5, 5.41) is 3.27. The molecule has 0 unspecified atom stereocenters. The number of ether oxygens (including phenoxy) is 1. The minimum Gasteiger partial charge on any atom is -0.481 e. The molecule has 122 valence electrons. The van der Waals surface area contributed by atoms with E-state index in [-0.39, 0.29) is 11.3 Å². The molecule has 0 heterocycles. The predicted molar refractivity (Wildman–Crippen MR) is 95.3 cm³/mol. The van der Waals surface area contributed by atoms with Crippen molar-refractivity contribution in [3.63, 3.8) is 0 Å². The van der Waals surface area contributed by atoms with Crippen molar-refractivity contribution in [3.8, 4) is 5.75 Å². The molecular formula is C19H22ClNO2. The Morgan fingerprint density at radius 2 is 1.70 bits per heavy atom. The van der Waals surface area contributed by atoms with E-state index in [2.05, 4.69) is 26.1 Å². The first-order valence-corrected chi connectivity index (χ1v) is 7.98. The van der Waals surface area contributed by atoms with Crippen LogP contribution in [0.5, 0.6) is 5.75 Å². The van der Waals surface area contributed by atoms with Gasteiger partial charge >= 0.3 is 0 Å². The van der Waals surface area contributed by atoms with Gasteiger partial charge in [0.15, 0.2) is 6.10 Å². The number of halogens is 1. The molecule has 2 aromatic carbocycles. The summed E-state index contributed by atoms with van der Waals surface area (Å²) in [6.07, 6.45) is -0.619. The van der Waals surface area contributed by atoms with Crippen LogP contribution in [0.1, 0.15) is 33.3 Å². The minimum absolute atomic E-state index is 0.0889. The number of anilines is 1. The molecular weight excluding hydrogens is 310 g/mol. The van der Waals surface area contributed by atoms with Gasteiger partial charge in [0.1, 0.15) is 5.75 Å². The molecule has 0 saturated carbocycles. The average molecular weight is 332 g/mol. The zero-order valence-electron chi connectivity index (χ0n) is 13.9. The fourth-order valence-corrected chi connectivity index (χ4v) is 2.27. The number of carbonyl (C=O) groups is 1. The van der Waals surface area contributed by atoms with Crippen LogP contribution < -0.4 is 10.1 Å². The van der Waals surface area contributed by atoms with E-state index in [0.29, 0.717) is 16.5 Å². The van der Waals surface area contributed by atoms with Gasteiger partial charge in [-0.3, -0.25) is 4.79 Å². The molecule has 0 aliphatic rings. The fraction of sp³-hybridized carbons (Fsp3) is 0.316. The van der Waals surface area contributed by atoms with Gasteiger partial charge in [-0.25, -0.2) is 0 Å². The van der Waals surface area contributed by atoms with Gasteiger partial charge < -0.3 is 10.1 Å². The normalized spacial score (nSPS) is 12.6. The number of rotatable bonds is 4. The van der Waals surface area contributed by atoms with E-state index >= 15 is 0 Å². The van der Waals surface area contributed by atoms with Crippen molar-refractivity contribution in [2.45, 2.75) is 39.2 Å². The fourth-order valence-electron chi connectivity index (χ4n) is 2.09. The highest BCUT2D eigenvalue weighted by molar-refractivity contribution is 6.33. The molecule has 1 atom stereocenters. The lowest BCUT2D eigenvalue weighted by Gasteiger charge is -2.20. The summed E-state index contributed by atoms with van der Waals surface area (Å²) in [6.45, 7) is 8.18. The second kappa shape index (κ2) is 7.05. The molecule has 4 heteroatoms. The zero-order valence-corrected chi connectivity index (χ0v) is 14.6. The molecule has 0 radical (unpaired) electrons. The molecule has 23 heavy (non-hydrogen) atoms. The summed E-state index contributed by atoms with van der Waals surface area (Å²) in [5.41, 5.74) is 1.89. The number of hydrogen-bond acceptors (Lipinski definition) is 2. The highest BCUT2D eigenvalue weighted by Gasteiger charge is 2.17. The Morgan fingerprint density at radius 1 is 1.09 bits per heavy atom. The first-order valence-electron chi connectivity index (χ1n) is 7.60. The first kappa shape index (κ1) is 17.4. The third kappa shape index (κ3) is 4.73. The van der Waals surface area contributed by atoms with Gasteiger partial charge in [-0.2, -0.15) is 0 Å². The van der Waals surface area contributed by atoms with Crippen LogP contribution in [0.4, 0.5) is 5.69 Å². The highest BCUT2D eigenvalue weighted by Crippen LogP contribution is 2.25. The maximum absolute atomic E-state index is 12.2. The maximum Gasteiger partial charge on any atom is 0.265 e. The Labute approximate surface area is 142 Å². The van der Waals surface area contributed by atoms with E-state index in [0.717, 1.165) is 0 Å². The van der Waals surface area contributed by atoms with Crippen LogP contribution in [-0.2, 0) is 10.2 Å². The van der Waals surface area contributed by atoms with Crippen LogP contribution in [0.2, 0.25) is 5.02 Å². The number of nitrogens with one attached hydrogen (secondary N) is 1. The Hall–Kier alpha value is -2.00. The maximum atomic E-state index is 12.2. The Balaban J connectivity index is 2.00. The molecule has 0 aliphatic carbocycles. The minimum atomic E-state index is -0.619. The largest absolute Gasteiger partial charge is 0.481 e. The topological polar surface area (TPSA) is 38.3 Å². The number of benzene rings is 2. The smallest absolute Gasteiger partial charge is 0.265 e. The molecule has 1 N–H and O–H groups in total. The van der Waals surface area contributed by atoms with Crippen LogP contribution in [0.15, 0.2) is 48.5 Å². The van der Waals surface area contributed by atoms with Crippen molar-refractivity contribution >= 4 is 23.2 Å². The molecule has 0 aliphatic heterocycles. The number of hydrogen-bond donors (Lipinski definition) is 1. The van der Waals surface area contributed by atoms with Crippen LogP contribution >= 0.6 is 11.6 Å². The SMILES string of the molecule is C[C@@H](Oc1ccc(C(C)(C)C)cc1)C(=O)Nc1ccccc1Cl. The number of amides is 1. The van der Waals surface area contributed by atoms with Gasteiger partial charge in [-0.05, 0) is 42.2 Å². The summed E-state index contributed by atoms with van der Waals surface area (Å²) in [6, 6.07) is 14.9. The van der Waals surface area contributed by atoms with Crippen LogP contribution in [-0.4, -0.2) is 12.0 Å². The summed E-state index contributed by atoms with van der Waals surface area (Å²) in [7, 11) is 0. The van der Waals surface area contributed by atoms with E-state index < -0.39 is 6.10 Å². The third-order valence-corrected chi connectivity index (χ3v) is 3.86. The van der Waals surface area contributed by atoms with Crippen molar-refractivity contribution < 1.29 is 9.53 Å². The molecule has 0 aromatic heterocycles. The van der Waals surface area contributed by atoms with Crippen LogP contribution in [0.3, 0.4) is 0 Å². The van der Waals surface area contributed by atoms with E-state index in [1.165, 1.54) is 5.56 Å². The van der Waals surface area contributed by atoms with E-state index in [9.17, 15) is 4.79 Å². The summed E-state index contributed by atoms with van der Waals surface area (Å²) < 4.78 is 5.70. The van der Waals surface area contributed by atoms with Crippen molar-refractivity contribution in [3.05, 3.63) is 59.1 Å². The summed E-state index contributed by atoms with van der Waals surface area (Å²) in [4.78, 5) is 12.2. The Morgan fingerprint density at radius 3 is 2.26 bits per heavy atom. The second-order valence-electron chi connectivity index (χ2n) is 6.50. The van der Waals surface area contributed by atoms with Crippen LogP contribution in [0, 0.1) is 0 Å². The monoisotopic (exact) mass is 331 g/mol. The van der Waals surface area contributed by atoms with E-state index in [4.69, 9.17) is 16.3 Å². The molecule has 1 amide bonds. The predicted octanol–water partition coefficient (Wildman–Crippen LogP) is 5.04. The molecule has 3 nitrogen and oxygen atoms in total. The van der Waals surface area contributed by atoms with Gasteiger partial charge in [0.2, 0.25) is 0 Å². The molecule has 0 saturated heterocycles.